The minimum absolute atomic E-state index is 0.0842. The number of aliphatic hydroxyl groups excluding tert-OH is 1. The average Bonchev–Trinajstić information content (AvgIpc) is 1.02. The molecule has 608 valence electrons. The molecule has 19 heteroatoms. The van der Waals surface area contributed by atoms with Gasteiger partial charge in [-0.25, -0.2) is 9.13 Å². The van der Waals surface area contributed by atoms with Gasteiger partial charge in [-0.2, -0.15) is 0 Å². The van der Waals surface area contributed by atoms with E-state index in [1.165, 1.54) is 205 Å². The molecule has 0 aliphatic heterocycles. The van der Waals surface area contributed by atoms with E-state index in [1.54, 1.807) is 0 Å². The lowest BCUT2D eigenvalue weighted by Crippen LogP contribution is -2.30. The lowest BCUT2D eigenvalue weighted by molar-refractivity contribution is -0.161. The molecule has 0 aromatic heterocycles. The van der Waals surface area contributed by atoms with Crippen molar-refractivity contribution in [3.8, 4) is 0 Å². The molecule has 0 rings (SSSR count). The SMILES string of the molecule is CCCCCC/C=C\C=C/CCCCCCCC(=O)O[C@H](COC(=O)CCCCCCCCCC(C)C)COP(=O)(O)OCC(O)COP(=O)(O)OC[C@@H](COC(=O)CCCCCCCCCCCCCCCCC(C)C)OC(=O)CCCCCCCCCCCCCCCCCCCCC(C)C. The van der Waals surface area contributed by atoms with Crippen LogP contribution < -0.4 is 0 Å². The van der Waals surface area contributed by atoms with E-state index in [0.29, 0.717) is 31.6 Å². The predicted molar refractivity (Wildman–Crippen MR) is 423 cm³/mol. The molecule has 0 aliphatic carbocycles. The zero-order valence-corrected chi connectivity index (χ0v) is 69.1. The Hall–Kier alpha value is -2.46. The maximum Gasteiger partial charge on any atom is 0.472 e. The molecule has 0 saturated heterocycles. The van der Waals surface area contributed by atoms with E-state index in [9.17, 15) is 43.2 Å². The van der Waals surface area contributed by atoms with Gasteiger partial charge in [-0.05, 0) is 69.1 Å². The number of hydrogen-bond acceptors (Lipinski definition) is 15. The summed E-state index contributed by atoms with van der Waals surface area (Å²) in [6, 6.07) is 0. The van der Waals surface area contributed by atoms with Crippen LogP contribution in [0.1, 0.15) is 414 Å². The van der Waals surface area contributed by atoms with E-state index in [1.807, 2.05) is 0 Å². The van der Waals surface area contributed by atoms with Crippen molar-refractivity contribution in [3.63, 3.8) is 0 Å². The first-order valence-electron chi connectivity index (χ1n) is 42.7. The van der Waals surface area contributed by atoms with Crippen LogP contribution in [0, 0.1) is 17.8 Å². The highest BCUT2D eigenvalue weighted by atomic mass is 31.2. The van der Waals surface area contributed by atoms with Crippen LogP contribution >= 0.6 is 15.6 Å². The molecule has 17 nitrogen and oxygen atoms in total. The van der Waals surface area contributed by atoms with Crippen molar-refractivity contribution < 1.29 is 80.2 Å². The van der Waals surface area contributed by atoms with Gasteiger partial charge in [0.2, 0.25) is 0 Å². The van der Waals surface area contributed by atoms with Gasteiger partial charge in [-0.15, -0.1) is 0 Å². The summed E-state index contributed by atoms with van der Waals surface area (Å²) in [5.74, 6) is 0.180. The van der Waals surface area contributed by atoms with E-state index in [2.05, 4.69) is 72.8 Å². The van der Waals surface area contributed by atoms with Crippen LogP contribution in [0.25, 0.3) is 0 Å². The molecule has 5 atom stereocenters. The number of ether oxygens (including phenoxy) is 4. The van der Waals surface area contributed by atoms with Gasteiger partial charge < -0.3 is 33.8 Å². The summed E-state index contributed by atoms with van der Waals surface area (Å²) in [6.07, 6.45) is 66.2. The van der Waals surface area contributed by atoms with Gasteiger partial charge in [0.1, 0.15) is 19.3 Å². The summed E-state index contributed by atoms with van der Waals surface area (Å²) in [4.78, 5) is 73.1. The molecule has 0 heterocycles. The molecule has 0 radical (unpaired) electrons. The number of unbranched alkanes of at least 4 members (excludes halogenated alkanes) is 45. The van der Waals surface area contributed by atoms with Crippen LogP contribution in [0.4, 0.5) is 0 Å². The largest absolute Gasteiger partial charge is 0.472 e. The number of esters is 4. The summed E-state index contributed by atoms with van der Waals surface area (Å²) in [5.41, 5.74) is 0. The average molecular weight is 1500 g/mol. The molecule has 103 heavy (non-hydrogen) atoms. The Morgan fingerprint density at radius 2 is 0.524 bits per heavy atom. The van der Waals surface area contributed by atoms with Gasteiger partial charge in [-0.3, -0.25) is 37.3 Å². The van der Waals surface area contributed by atoms with Crippen molar-refractivity contribution in [1.82, 2.24) is 0 Å². The molecule has 0 aromatic carbocycles. The molecular weight excluding hydrogens is 1340 g/mol. The molecule has 0 aromatic rings. The predicted octanol–water partition coefficient (Wildman–Crippen LogP) is 24.9. The van der Waals surface area contributed by atoms with Crippen molar-refractivity contribution in [2.45, 2.75) is 433 Å². The summed E-state index contributed by atoms with van der Waals surface area (Å²) in [7, 11) is -9.94. The molecule has 0 bridgehead atoms. The summed E-state index contributed by atoms with van der Waals surface area (Å²) >= 11 is 0. The van der Waals surface area contributed by atoms with Crippen LogP contribution in [0.2, 0.25) is 0 Å². The Balaban J connectivity index is 5.26. The number of phosphoric acid groups is 2. The van der Waals surface area contributed by atoms with E-state index in [4.69, 9.17) is 37.0 Å². The van der Waals surface area contributed by atoms with Crippen molar-refractivity contribution in [2.24, 2.45) is 17.8 Å². The summed E-state index contributed by atoms with van der Waals surface area (Å²) in [5, 5.41) is 10.7. The van der Waals surface area contributed by atoms with Gasteiger partial charge >= 0.3 is 39.5 Å². The van der Waals surface area contributed by atoms with Crippen molar-refractivity contribution in [2.75, 3.05) is 39.6 Å². The quantitative estimate of drug-likeness (QED) is 0.0169. The number of hydrogen-bond donors (Lipinski definition) is 3. The normalized spacial score (nSPS) is 14.1. The Bertz CT molecular complexity index is 2090. The second-order valence-electron chi connectivity index (χ2n) is 31.0. The summed E-state index contributed by atoms with van der Waals surface area (Å²) in [6.45, 7) is 11.9. The highest BCUT2D eigenvalue weighted by molar-refractivity contribution is 7.47. The minimum Gasteiger partial charge on any atom is -0.462 e. The first-order chi connectivity index (χ1) is 49.7. The topological polar surface area (TPSA) is 237 Å². The molecule has 0 saturated carbocycles. The minimum atomic E-state index is -4.97. The molecule has 0 amide bonds. The van der Waals surface area contributed by atoms with Gasteiger partial charge in [0, 0.05) is 25.7 Å². The standard InChI is InChI=1S/C84H160O17P2/c1-8-9-10-11-12-13-14-15-20-28-33-38-45-53-60-67-84(89)101-80(72-95-82(87)66-59-52-47-40-43-50-57-64-77(6)7)74-99-103(92,93)97-70-78(85)69-96-102(90,91)98-73-79(71-94-81(86)65-58-51-44-37-32-27-24-23-26-31-36-42-49-56-63-76(4)5)100-83(88)68-61-54-46-39-34-29-22-19-17-16-18-21-25-30-35-41-48-55-62-75(2)3/h13-15,20,75-80,85H,8-12,16-19,21-74H2,1-7H3,(H,90,91)(H,92,93)/b14-13-,20-15-/t78?,79-,80-/m1/s1. The van der Waals surface area contributed by atoms with E-state index in [0.717, 1.165) is 121 Å². The lowest BCUT2D eigenvalue weighted by atomic mass is 10.0. The van der Waals surface area contributed by atoms with E-state index >= 15 is 0 Å². The van der Waals surface area contributed by atoms with Gasteiger partial charge in [0.15, 0.2) is 12.2 Å². The van der Waals surface area contributed by atoms with Crippen LogP contribution in [0.5, 0.6) is 0 Å². The van der Waals surface area contributed by atoms with Gasteiger partial charge in [0.05, 0.1) is 26.4 Å². The fraction of sp³-hybridized carbons (Fsp3) is 0.905. The molecule has 0 aliphatic rings. The van der Waals surface area contributed by atoms with Crippen LogP contribution in [-0.2, 0) is 65.4 Å². The highest BCUT2D eigenvalue weighted by Crippen LogP contribution is 2.45. The number of carbonyl (C=O) groups excluding carboxylic acids is 4. The van der Waals surface area contributed by atoms with Crippen LogP contribution in [-0.4, -0.2) is 96.7 Å². The van der Waals surface area contributed by atoms with E-state index < -0.39 is 97.5 Å². The lowest BCUT2D eigenvalue weighted by Gasteiger charge is -2.21. The van der Waals surface area contributed by atoms with Crippen LogP contribution in [0.15, 0.2) is 24.3 Å². The number of phosphoric ester groups is 2. The maximum atomic E-state index is 13.1. The zero-order chi connectivity index (χ0) is 75.8. The first-order valence-corrected chi connectivity index (χ1v) is 45.7. The van der Waals surface area contributed by atoms with E-state index in [-0.39, 0.29) is 25.7 Å². The Kier molecular flexibility index (Phi) is 71.9. The monoisotopic (exact) mass is 1500 g/mol. The number of rotatable bonds is 80. The Morgan fingerprint density at radius 1 is 0.301 bits per heavy atom. The third-order valence-corrected chi connectivity index (χ3v) is 20.9. The van der Waals surface area contributed by atoms with Gasteiger partial charge in [0.25, 0.3) is 0 Å². The smallest absolute Gasteiger partial charge is 0.462 e. The van der Waals surface area contributed by atoms with Crippen molar-refractivity contribution in [1.29, 1.82) is 0 Å². The Morgan fingerprint density at radius 3 is 0.786 bits per heavy atom. The third-order valence-electron chi connectivity index (χ3n) is 19.0. The molecular formula is C84H160O17P2. The number of carbonyl (C=O) groups is 4. The van der Waals surface area contributed by atoms with Crippen molar-refractivity contribution in [3.05, 3.63) is 24.3 Å². The fourth-order valence-corrected chi connectivity index (χ4v) is 14.1. The number of aliphatic hydroxyl groups is 1. The maximum absolute atomic E-state index is 13.1. The molecule has 0 spiro atoms. The third kappa shape index (κ3) is 77.5. The second-order valence-corrected chi connectivity index (χ2v) is 33.9. The second kappa shape index (κ2) is 73.7. The highest BCUT2D eigenvalue weighted by Gasteiger charge is 2.30. The van der Waals surface area contributed by atoms with Gasteiger partial charge in [-0.1, -0.05) is 362 Å². The Labute approximate surface area is 631 Å². The summed E-state index contributed by atoms with van der Waals surface area (Å²) < 4.78 is 68.7. The van der Waals surface area contributed by atoms with Crippen molar-refractivity contribution >= 4 is 39.5 Å². The molecule has 0 fully saturated rings. The fourth-order valence-electron chi connectivity index (χ4n) is 12.5. The molecule has 3 unspecified atom stereocenters. The number of allylic oxidation sites excluding steroid dienone is 4. The van der Waals surface area contributed by atoms with Crippen LogP contribution in [0.3, 0.4) is 0 Å². The zero-order valence-electron chi connectivity index (χ0n) is 67.3. The molecule has 3 N–H and O–H groups in total. The first kappa shape index (κ1) is 101.